The average molecular weight is 384 g/mol. The van der Waals surface area contributed by atoms with E-state index in [0.29, 0.717) is 14.3 Å². The lowest BCUT2D eigenvalue weighted by atomic mass is 9.83. The minimum absolute atomic E-state index is 0.137. The van der Waals surface area contributed by atoms with Crippen LogP contribution in [0.2, 0.25) is 6.32 Å². The van der Waals surface area contributed by atoms with Gasteiger partial charge in [0.2, 0.25) is 0 Å². The first-order chi connectivity index (χ1) is 13.8. The lowest BCUT2D eigenvalue weighted by Gasteiger charge is -2.03. The quantitative estimate of drug-likeness (QED) is 0.432. The van der Waals surface area contributed by atoms with Gasteiger partial charge in [0, 0.05) is 27.1 Å². The largest absolute Gasteiger partial charge is 0.594 e. The van der Waals surface area contributed by atoms with Crippen molar-refractivity contribution in [1.29, 1.82) is 0 Å². The van der Waals surface area contributed by atoms with Gasteiger partial charge in [-0.15, -0.1) is 6.58 Å². The Labute approximate surface area is 167 Å². The molecule has 2 heterocycles. The molecule has 0 aliphatic carbocycles. The Morgan fingerprint density at radius 2 is 1.43 bits per heavy atom. The Bertz CT molecular complexity index is 665. The SMILES string of the molecule is B1Oc2ccccc2O1.C=CCOC.COCCCB1Oc2ccccc2O1. The normalized spacial score (nSPS) is 12.1. The van der Waals surface area contributed by atoms with Crippen molar-refractivity contribution in [2.75, 3.05) is 27.4 Å². The number of hydrogen-bond acceptors (Lipinski definition) is 6. The third-order valence-corrected chi connectivity index (χ3v) is 3.72. The minimum atomic E-state index is -0.137. The van der Waals surface area contributed by atoms with Gasteiger partial charge < -0.3 is 28.1 Å². The summed E-state index contributed by atoms with van der Waals surface area (Å²) in [6.07, 6.45) is 3.53. The van der Waals surface area contributed by atoms with E-state index in [1.54, 1.807) is 20.3 Å². The third kappa shape index (κ3) is 7.21. The summed E-state index contributed by atoms with van der Waals surface area (Å²) < 4.78 is 30.8. The fourth-order valence-corrected chi connectivity index (χ4v) is 2.43. The first-order valence-corrected chi connectivity index (χ1v) is 9.14. The molecule has 0 saturated heterocycles. The fourth-order valence-electron chi connectivity index (χ4n) is 2.43. The second-order valence-electron chi connectivity index (χ2n) is 5.84. The molecule has 8 heteroatoms. The molecule has 0 saturated carbocycles. The zero-order valence-corrected chi connectivity index (χ0v) is 16.5. The predicted octanol–water partition coefficient (Wildman–Crippen LogP) is 3.53. The first-order valence-electron chi connectivity index (χ1n) is 9.14. The van der Waals surface area contributed by atoms with E-state index in [1.807, 2.05) is 48.5 Å². The van der Waals surface area contributed by atoms with Crippen LogP contribution in [0.1, 0.15) is 6.42 Å². The minimum Gasteiger partial charge on any atom is -0.526 e. The standard InChI is InChI=1S/C10H13BO3.C6H5BO2.C4H8O/c1-12-8-4-7-11-13-9-5-2-3-6-10(9)14-11;1-2-4-6-5(3-1)8-7-9-6;1-3-4-5-2/h2-3,5-6H,4,7-8H2,1H3;1-4,7H;3H,1,4H2,2H3. The van der Waals surface area contributed by atoms with Crippen LogP contribution in [0.25, 0.3) is 0 Å². The van der Waals surface area contributed by atoms with Crippen molar-refractivity contribution in [3.8, 4) is 23.0 Å². The molecular weight excluding hydrogens is 358 g/mol. The van der Waals surface area contributed by atoms with Crippen LogP contribution in [0.15, 0.2) is 61.2 Å². The molecule has 2 aliphatic rings. The van der Waals surface area contributed by atoms with Gasteiger partial charge in [-0.25, -0.2) is 0 Å². The van der Waals surface area contributed by atoms with E-state index in [2.05, 4.69) is 11.3 Å². The molecule has 0 aromatic heterocycles. The molecule has 0 fully saturated rings. The molecule has 4 rings (SSSR count). The predicted molar refractivity (Wildman–Crippen MR) is 112 cm³/mol. The van der Waals surface area contributed by atoms with Gasteiger partial charge in [0.25, 0.3) is 0 Å². The Kier molecular flexibility index (Phi) is 9.89. The lowest BCUT2D eigenvalue weighted by molar-refractivity contribution is 0.197. The van der Waals surface area contributed by atoms with Crippen LogP contribution in [0.4, 0.5) is 0 Å². The smallest absolute Gasteiger partial charge is 0.526 e. The highest BCUT2D eigenvalue weighted by Crippen LogP contribution is 2.33. The molecule has 0 atom stereocenters. The van der Waals surface area contributed by atoms with E-state index in [-0.39, 0.29) is 7.12 Å². The molecule has 2 aromatic carbocycles. The van der Waals surface area contributed by atoms with Gasteiger partial charge in [0.15, 0.2) is 0 Å². The summed E-state index contributed by atoms with van der Waals surface area (Å²) in [6, 6.07) is 15.4. The van der Waals surface area contributed by atoms with Gasteiger partial charge in [0.1, 0.15) is 23.0 Å². The molecule has 0 bridgehead atoms. The topological polar surface area (TPSA) is 55.4 Å². The number of para-hydroxylation sites is 4. The maximum Gasteiger partial charge on any atom is 0.594 e. The summed E-state index contributed by atoms with van der Waals surface area (Å²) in [5, 5.41) is 0. The average Bonchev–Trinajstić information content (AvgIpc) is 3.36. The Morgan fingerprint density at radius 3 is 1.86 bits per heavy atom. The Morgan fingerprint density at radius 1 is 0.893 bits per heavy atom. The summed E-state index contributed by atoms with van der Waals surface area (Å²) in [5.41, 5.74) is 0. The van der Waals surface area contributed by atoms with Crippen molar-refractivity contribution >= 4 is 14.8 Å². The highest BCUT2D eigenvalue weighted by Gasteiger charge is 2.30. The molecule has 0 spiro atoms. The van der Waals surface area contributed by atoms with Crippen LogP contribution in [0.3, 0.4) is 0 Å². The number of hydrogen-bond donors (Lipinski definition) is 0. The number of fused-ring (bicyclic) bond motifs is 2. The molecule has 0 unspecified atom stereocenters. The van der Waals surface area contributed by atoms with Crippen molar-refractivity contribution in [2.45, 2.75) is 12.7 Å². The van der Waals surface area contributed by atoms with Crippen LogP contribution in [-0.4, -0.2) is 42.2 Å². The second-order valence-corrected chi connectivity index (χ2v) is 5.84. The van der Waals surface area contributed by atoms with Gasteiger partial charge in [-0.2, -0.15) is 0 Å². The molecule has 0 radical (unpaired) electrons. The van der Waals surface area contributed by atoms with Crippen LogP contribution in [0.5, 0.6) is 23.0 Å². The molecule has 0 amide bonds. The molecule has 28 heavy (non-hydrogen) atoms. The summed E-state index contributed by atoms with van der Waals surface area (Å²) in [4.78, 5) is 0. The highest BCUT2D eigenvalue weighted by molar-refractivity contribution is 6.47. The van der Waals surface area contributed by atoms with Crippen LogP contribution < -0.4 is 18.6 Å². The van der Waals surface area contributed by atoms with E-state index in [0.717, 1.165) is 42.3 Å². The van der Waals surface area contributed by atoms with Gasteiger partial charge in [-0.05, 0) is 30.7 Å². The Hall–Kier alpha value is -2.57. The monoisotopic (exact) mass is 384 g/mol. The number of ether oxygens (including phenoxy) is 2. The molecule has 0 N–H and O–H groups in total. The van der Waals surface area contributed by atoms with E-state index in [9.17, 15) is 0 Å². The zero-order chi connectivity index (χ0) is 20.0. The number of rotatable bonds is 6. The second kappa shape index (κ2) is 12.8. The fraction of sp³-hybridized carbons (Fsp3) is 0.300. The Balaban J connectivity index is 0.000000171. The zero-order valence-electron chi connectivity index (χ0n) is 16.5. The van der Waals surface area contributed by atoms with Crippen LogP contribution in [0, 0.1) is 0 Å². The summed E-state index contributed by atoms with van der Waals surface area (Å²) >= 11 is 0. The van der Waals surface area contributed by atoms with Crippen molar-refractivity contribution < 1.29 is 28.1 Å². The van der Waals surface area contributed by atoms with Gasteiger partial charge in [-0.1, -0.05) is 30.3 Å². The third-order valence-electron chi connectivity index (χ3n) is 3.72. The first kappa shape index (κ1) is 21.7. The van der Waals surface area contributed by atoms with Crippen molar-refractivity contribution in [3.05, 3.63) is 61.2 Å². The maximum absolute atomic E-state index is 5.58. The maximum atomic E-state index is 5.58. The van der Waals surface area contributed by atoms with Gasteiger partial charge in [-0.3, -0.25) is 0 Å². The summed E-state index contributed by atoms with van der Waals surface area (Å²) in [5.74, 6) is 3.37. The lowest BCUT2D eigenvalue weighted by Crippen LogP contribution is -2.24. The molecule has 2 aromatic rings. The van der Waals surface area contributed by atoms with Gasteiger partial charge >= 0.3 is 14.8 Å². The molecule has 2 aliphatic heterocycles. The molecule has 6 nitrogen and oxygen atoms in total. The van der Waals surface area contributed by atoms with E-state index in [4.69, 9.17) is 23.4 Å². The van der Waals surface area contributed by atoms with E-state index >= 15 is 0 Å². The molecular formula is C20H26B2O6. The highest BCUT2D eigenvalue weighted by atomic mass is 16.6. The van der Waals surface area contributed by atoms with Gasteiger partial charge in [0.05, 0.1) is 6.61 Å². The summed E-state index contributed by atoms with van der Waals surface area (Å²) in [7, 11) is 3.56. The van der Waals surface area contributed by atoms with Crippen molar-refractivity contribution in [1.82, 2.24) is 0 Å². The van der Waals surface area contributed by atoms with E-state index < -0.39 is 0 Å². The number of methoxy groups -OCH3 is 2. The van der Waals surface area contributed by atoms with Crippen molar-refractivity contribution in [2.24, 2.45) is 0 Å². The van der Waals surface area contributed by atoms with Crippen molar-refractivity contribution in [3.63, 3.8) is 0 Å². The van der Waals surface area contributed by atoms with Crippen LogP contribution in [-0.2, 0) is 9.47 Å². The van der Waals surface area contributed by atoms with Crippen LogP contribution >= 0.6 is 0 Å². The molecule has 148 valence electrons. The number of benzene rings is 2. The summed E-state index contributed by atoms with van der Waals surface area (Å²) in [6.45, 7) is 4.83. The van der Waals surface area contributed by atoms with E-state index in [1.165, 1.54) is 0 Å².